The maximum Gasteiger partial charge on any atom is 0.253 e. The number of benzene rings is 2. The number of hydrogen-bond acceptors (Lipinski definition) is 4. The van der Waals surface area contributed by atoms with Gasteiger partial charge in [0.2, 0.25) is 0 Å². The van der Waals surface area contributed by atoms with Gasteiger partial charge in [-0.15, -0.1) is 0 Å². The van der Waals surface area contributed by atoms with Crippen molar-refractivity contribution in [1.29, 1.82) is 0 Å². The number of aryl methyl sites for hydroxylation is 1. The third-order valence-electron chi connectivity index (χ3n) is 4.16. The van der Waals surface area contributed by atoms with Crippen LogP contribution in [0.5, 0.6) is 0 Å². The van der Waals surface area contributed by atoms with Crippen molar-refractivity contribution in [3.8, 4) is 0 Å². The average Bonchev–Trinajstić information content (AvgIpc) is 2.70. The summed E-state index contributed by atoms with van der Waals surface area (Å²) in [5, 5.41) is 6.12. The highest BCUT2D eigenvalue weighted by Gasteiger charge is 2.11. The number of carbonyl (C=O) groups excluding carboxylic acids is 1. The molecule has 0 fully saturated rings. The number of para-hydroxylation sites is 2. The third-order valence-corrected chi connectivity index (χ3v) is 4.16. The number of carbonyl (C=O) groups is 1. The van der Waals surface area contributed by atoms with E-state index in [1.165, 1.54) is 17.0 Å². The Morgan fingerprint density at radius 3 is 2.56 bits per heavy atom. The fraction of sp³-hybridized carbons (Fsp3) is 0.190. The lowest BCUT2D eigenvalue weighted by Crippen LogP contribution is -2.31. The third kappa shape index (κ3) is 4.82. The summed E-state index contributed by atoms with van der Waals surface area (Å²) < 4.78 is 1.49. The number of anilines is 2. The first-order valence-electron chi connectivity index (χ1n) is 8.92. The molecule has 0 bridgehead atoms. The molecule has 0 aliphatic carbocycles. The lowest BCUT2D eigenvalue weighted by molar-refractivity contribution is 0.0953. The van der Waals surface area contributed by atoms with Gasteiger partial charge in [-0.2, -0.15) is 0 Å². The van der Waals surface area contributed by atoms with E-state index in [1.807, 2.05) is 55.5 Å². The second-order valence-corrected chi connectivity index (χ2v) is 6.06. The molecular weight excluding hydrogens is 340 g/mol. The monoisotopic (exact) mass is 362 g/mol. The molecule has 0 unspecified atom stereocenters. The van der Waals surface area contributed by atoms with Gasteiger partial charge in [-0.1, -0.05) is 37.3 Å². The highest BCUT2D eigenvalue weighted by Crippen LogP contribution is 2.20. The van der Waals surface area contributed by atoms with Gasteiger partial charge in [0.05, 0.1) is 17.6 Å². The zero-order chi connectivity index (χ0) is 19.1. The lowest BCUT2D eigenvalue weighted by atomic mass is 10.1. The minimum absolute atomic E-state index is 0.109. The second-order valence-electron chi connectivity index (χ2n) is 6.06. The van der Waals surface area contributed by atoms with Crippen LogP contribution < -0.4 is 16.2 Å². The number of hydrogen-bond donors (Lipinski definition) is 2. The van der Waals surface area contributed by atoms with E-state index < -0.39 is 0 Å². The standard InChI is InChI=1S/C21H22N4O2/c1-2-16-14-20(26)25(15-23-16)13-12-22-21(27)18-10-6-7-11-19(18)24-17-8-4-3-5-9-17/h3-11,14-15,24H,2,12-13H2,1H3,(H,22,27). The normalized spacial score (nSPS) is 10.4. The summed E-state index contributed by atoms with van der Waals surface area (Å²) in [6.07, 6.45) is 2.25. The molecule has 27 heavy (non-hydrogen) atoms. The first-order valence-corrected chi connectivity index (χ1v) is 8.92. The molecule has 0 atom stereocenters. The Bertz CT molecular complexity index is 967. The van der Waals surface area contributed by atoms with Crippen molar-refractivity contribution in [2.75, 3.05) is 11.9 Å². The molecule has 6 nitrogen and oxygen atoms in total. The topological polar surface area (TPSA) is 76.0 Å². The second kappa shape index (κ2) is 8.80. The Hall–Kier alpha value is -3.41. The Labute approximate surface area is 157 Å². The number of aromatic nitrogens is 2. The highest BCUT2D eigenvalue weighted by atomic mass is 16.1. The van der Waals surface area contributed by atoms with Gasteiger partial charge in [0.1, 0.15) is 0 Å². The zero-order valence-electron chi connectivity index (χ0n) is 15.2. The van der Waals surface area contributed by atoms with E-state index in [2.05, 4.69) is 15.6 Å². The van der Waals surface area contributed by atoms with Crippen LogP contribution in [0.3, 0.4) is 0 Å². The Kier molecular flexibility index (Phi) is 5.99. The van der Waals surface area contributed by atoms with Gasteiger partial charge < -0.3 is 10.6 Å². The minimum atomic E-state index is -0.194. The summed E-state index contributed by atoms with van der Waals surface area (Å²) >= 11 is 0. The quantitative estimate of drug-likeness (QED) is 0.677. The van der Waals surface area contributed by atoms with Crippen LogP contribution in [0.25, 0.3) is 0 Å². The molecule has 138 valence electrons. The van der Waals surface area contributed by atoms with Crippen molar-refractivity contribution in [3.63, 3.8) is 0 Å². The van der Waals surface area contributed by atoms with Crippen molar-refractivity contribution < 1.29 is 4.79 Å². The van der Waals surface area contributed by atoms with Crippen molar-refractivity contribution in [2.24, 2.45) is 0 Å². The van der Waals surface area contributed by atoms with Crippen LogP contribution in [0.15, 0.2) is 71.8 Å². The molecule has 0 spiro atoms. The smallest absolute Gasteiger partial charge is 0.253 e. The fourth-order valence-electron chi connectivity index (χ4n) is 2.68. The summed E-state index contributed by atoms with van der Waals surface area (Å²) in [7, 11) is 0. The van der Waals surface area contributed by atoms with Gasteiger partial charge in [-0.3, -0.25) is 14.2 Å². The summed E-state index contributed by atoms with van der Waals surface area (Å²) in [4.78, 5) is 28.8. The summed E-state index contributed by atoms with van der Waals surface area (Å²) in [5.41, 5.74) is 2.84. The summed E-state index contributed by atoms with van der Waals surface area (Å²) in [5.74, 6) is -0.194. The number of nitrogens with one attached hydrogen (secondary N) is 2. The number of nitrogens with zero attached hydrogens (tertiary/aromatic N) is 2. The molecular formula is C21H22N4O2. The van der Waals surface area contributed by atoms with Crippen molar-refractivity contribution in [1.82, 2.24) is 14.9 Å². The van der Waals surface area contributed by atoms with Gasteiger partial charge in [0.15, 0.2) is 0 Å². The molecule has 0 saturated carbocycles. The Morgan fingerprint density at radius 1 is 1.07 bits per heavy atom. The van der Waals surface area contributed by atoms with Crippen LogP contribution in [0.2, 0.25) is 0 Å². The maximum absolute atomic E-state index is 12.6. The largest absolute Gasteiger partial charge is 0.355 e. The lowest BCUT2D eigenvalue weighted by Gasteiger charge is -2.12. The van der Waals surface area contributed by atoms with E-state index in [0.717, 1.165) is 23.5 Å². The molecule has 0 aliphatic heterocycles. The van der Waals surface area contributed by atoms with Gasteiger partial charge in [-0.25, -0.2) is 4.98 Å². The van der Waals surface area contributed by atoms with E-state index in [9.17, 15) is 9.59 Å². The van der Waals surface area contributed by atoms with Crippen molar-refractivity contribution in [2.45, 2.75) is 19.9 Å². The molecule has 1 amide bonds. The van der Waals surface area contributed by atoms with Gasteiger partial charge >= 0.3 is 0 Å². The maximum atomic E-state index is 12.6. The first-order chi connectivity index (χ1) is 13.2. The summed E-state index contributed by atoms with van der Waals surface area (Å²) in [6.45, 7) is 2.66. The van der Waals surface area contributed by atoms with Crippen LogP contribution in [0, 0.1) is 0 Å². The minimum Gasteiger partial charge on any atom is -0.355 e. The zero-order valence-corrected chi connectivity index (χ0v) is 15.2. The number of rotatable bonds is 7. The average molecular weight is 362 g/mol. The molecule has 1 aromatic heterocycles. The molecule has 2 N–H and O–H groups in total. The van der Waals surface area contributed by atoms with Crippen molar-refractivity contribution in [3.05, 3.63) is 88.6 Å². The van der Waals surface area contributed by atoms with Gasteiger partial charge in [0, 0.05) is 30.5 Å². The first kappa shape index (κ1) is 18.4. The van der Waals surface area contributed by atoms with E-state index in [1.54, 1.807) is 6.07 Å². The molecule has 3 aromatic rings. The van der Waals surface area contributed by atoms with Crippen molar-refractivity contribution >= 4 is 17.3 Å². The predicted molar refractivity (Wildman–Crippen MR) is 106 cm³/mol. The molecule has 6 heteroatoms. The van der Waals surface area contributed by atoms with Crippen LogP contribution in [-0.2, 0) is 13.0 Å². The molecule has 0 aliphatic rings. The van der Waals surface area contributed by atoms with Crippen LogP contribution in [-0.4, -0.2) is 22.0 Å². The van der Waals surface area contributed by atoms with Gasteiger partial charge in [-0.05, 0) is 30.7 Å². The van der Waals surface area contributed by atoms with E-state index in [0.29, 0.717) is 18.7 Å². The van der Waals surface area contributed by atoms with Crippen LogP contribution in [0.1, 0.15) is 23.0 Å². The van der Waals surface area contributed by atoms with Crippen LogP contribution >= 0.6 is 0 Å². The van der Waals surface area contributed by atoms with E-state index in [-0.39, 0.29) is 11.5 Å². The van der Waals surface area contributed by atoms with E-state index in [4.69, 9.17) is 0 Å². The molecule has 1 heterocycles. The predicted octanol–water partition coefficient (Wildman–Crippen LogP) is 2.98. The number of amides is 1. The Balaban J connectivity index is 1.64. The van der Waals surface area contributed by atoms with E-state index >= 15 is 0 Å². The molecule has 0 saturated heterocycles. The Morgan fingerprint density at radius 2 is 1.81 bits per heavy atom. The molecule has 0 radical (unpaired) electrons. The highest BCUT2D eigenvalue weighted by molar-refractivity contribution is 6.00. The SMILES string of the molecule is CCc1cc(=O)n(CCNC(=O)c2ccccc2Nc2ccccc2)cn1. The fourth-order valence-corrected chi connectivity index (χ4v) is 2.68. The molecule has 2 aromatic carbocycles. The van der Waals surface area contributed by atoms with Gasteiger partial charge in [0.25, 0.3) is 11.5 Å². The molecule has 3 rings (SSSR count). The van der Waals surface area contributed by atoms with Crippen LogP contribution in [0.4, 0.5) is 11.4 Å². The summed E-state index contributed by atoms with van der Waals surface area (Å²) in [6, 6.07) is 18.5.